The molecule has 1 fully saturated rings. The molecule has 1 aliphatic rings. The molecule has 4 nitrogen and oxygen atoms in total. The third-order valence-electron chi connectivity index (χ3n) is 3.77. The highest BCUT2D eigenvalue weighted by Crippen LogP contribution is 2.31. The molecule has 4 heteroatoms. The third kappa shape index (κ3) is 2.74. The molecule has 0 bridgehead atoms. The molecule has 0 spiro atoms. The van der Waals surface area contributed by atoms with E-state index in [0.29, 0.717) is 12.8 Å². The van der Waals surface area contributed by atoms with Gasteiger partial charge < -0.3 is 9.32 Å². The molecule has 3 rings (SSSR count). The zero-order chi connectivity index (χ0) is 13.8. The van der Waals surface area contributed by atoms with Crippen LogP contribution in [0.5, 0.6) is 0 Å². The summed E-state index contributed by atoms with van der Waals surface area (Å²) in [4.78, 5) is 18.7. The van der Waals surface area contributed by atoms with Gasteiger partial charge >= 0.3 is 0 Å². The predicted octanol–water partition coefficient (Wildman–Crippen LogP) is 2.97. The van der Waals surface area contributed by atoms with Gasteiger partial charge in [-0.2, -0.15) is 0 Å². The number of hydrogen-bond acceptors (Lipinski definition) is 3. The number of amides is 1. The summed E-state index contributed by atoms with van der Waals surface area (Å²) in [5.74, 6) is 1.06. The van der Waals surface area contributed by atoms with Crippen LogP contribution in [-0.4, -0.2) is 22.3 Å². The first-order valence-corrected chi connectivity index (χ1v) is 7.07. The van der Waals surface area contributed by atoms with Crippen LogP contribution in [0.1, 0.15) is 36.8 Å². The average Bonchev–Trinajstić information content (AvgIpc) is 3.17. The van der Waals surface area contributed by atoms with Crippen LogP contribution in [0.3, 0.4) is 0 Å². The second-order valence-corrected chi connectivity index (χ2v) is 5.08. The Morgan fingerprint density at radius 3 is 3.05 bits per heavy atom. The van der Waals surface area contributed by atoms with E-state index in [-0.39, 0.29) is 11.9 Å². The lowest BCUT2D eigenvalue weighted by Gasteiger charge is -2.24. The SMILES string of the molecule is O=C(CCc1ccco1)N1CCC[C@H]1c1ccccn1. The molecule has 0 N–H and O–H groups in total. The molecular weight excluding hydrogens is 252 g/mol. The monoisotopic (exact) mass is 270 g/mol. The van der Waals surface area contributed by atoms with Crippen molar-refractivity contribution in [2.45, 2.75) is 31.7 Å². The van der Waals surface area contributed by atoms with Crippen molar-refractivity contribution in [3.63, 3.8) is 0 Å². The van der Waals surface area contributed by atoms with Crippen LogP contribution in [0.25, 0.3) is 0 Å². The Kier molecular flexibility index (Phi) is 3.81. The number of likely N-dealkylation sites (tertiary alicyclic amines) is 1. The van der Waals surface area contributed by atoms with Gasteiger partial charge in [0.25, 0.3) is 0 Å². The number of nitrogens with zero attached hydrogens (tertiary/aromatic N) is 2. The highest BCUT2D eigenvalue weighted by atomic mass is 16.3. The molecule has 1 saturated heterocycles. The minimum Gasteiger partial charge on any atom is -0.469 e. The number of furan rings is 1. The number of pyridine rings is 1. The van der Waals surface area contributed by atoms with Crippen LogP contribution in [0.4, 0.5) is 0 Å². The molecule has 2 aromatic heterocycles. The second kappa shape index (κ2) is 5.90. The lowest BCUT2D eigenvalue weighted by Crippen LogP contribution is -2.31. The quantitative estimate of drug-likeness (QED) is 0.858. The fourth-order valence-electron chi connectivity index (χ4n) is 2.77. The number of hydrogen-bond donors (Lipinski definition) is 0. The van der Waals surface area contributed by atoms with Crippen molar-refractivity contribution < 1.29 is 9.21 Å². The molecule has 2 aromatic rings. The van der Waals surface area contributed by atoms with Crippen molar-refractivity contribution in [1.29, 1.82) is 0 Å². The summed E-state index contributed by atoms with van der Waals surface area (Å²) in [5.41, 5.74) is 0.997. The summed E-state index contributed by atoms with van der Waals surface area (Å²) in [6.45, 7) is 0.832. The Morgan fingerprint density at radius 2 is 2.30 bits per heavy atom. The minimum atomic E-state index is 0.139. The van der Waals surface area contributed by atoms with Gasteiger partial charge in [-0.3, -0.25) is 9.78 Å². The highest BCUT2D eigenvalue weighted by Gasteiger charge is 2.30. The summed E-state index contributed by atoms with van der Waals surface area (Å²) < 4.78 is 5.27. The number of aromatic nitrogens is 1. The van der Waals surface area contributed by atoms with Gasteiger partial charge in [-0.05, 0) is 37.1 Å². The zero-order valence-electron chi connectivity index (χ0n) is 11.4. The first-order chi connectivity index (χ1) is 9.84. The standard InChI is InChI=1S/C16H18N2O2/c19-16(9-8-13-5-4-12-20-13)18-11-3-7-15(18)14-6-1-2-10-17-14/h1-2,4-6,10,12,15H,3,7-9,11H2/t15-/m0/s1. The van der Waals surface area contributed by atoms with Crippen molar-refractivity contribution in [2.75, 3.05) is 6.54 Å². The zero-order valence-corrected chi connectivity index (χ0v) is 11.4. The maximum Gasteiger partial charge on any atom is 0.223 e. The van der Waals surface area contributed by atoms with Crippen LogP contribution in [0, 0.1) is 0 Å². The largest absolute Gasteiger partial charge is 0.469 e. The average molecular weight is 270 g/mol. The van der Waals surface area contributed by atoms with Crippen LogP contribution in [0.15, 0.2) is 47.2 Å². The molecule has 0 unspecified atom stereocenters. The van der Waals surface area contributed by atoms with Crippen molar-refractivity contribution in [1.82, 2.24) is 9.88 Å². The molecule has 1 amide bonds. The molecule has 1 aliphatic heterocycles. The smallest absolute Gasteiger partial charge is 0.223 e. The van der Waals surface area contributed by atoms with Gasteiger partial charge in [0.05, 0.1) is 18.0 Å². The van der Waals surface area contributed by atoms with E-state index in [1.54, 1.807) is 12.5 Å². The summed E-state index contributed by atoms with van der Waals surface area (Å²) in [7, 11) is 0. The van der Waals surface area contributed by atoms with E-state index in [9.17, 15) is 4.79 Å². The van der Waals surface area contributed by atoms with Crippen molar-refractivity contribution in [3.8, 4) is 0 Å². The summed E-state index contributed by atoms with van der Waals surface area (Å²) >= 11 is 0. The molecule has 0 radical (unpaired) electrons. The first kappa shape index (κ1) is 12.9. The molecule has 20 heavy (non-hydrogen) atoms. The van der Waals surface area contributed by atoms with Crippen molar-refractivity contribution in [2.24, 2.45) is 0 Å². The number of carbonyl (C=O) groups excluding carboxylic acids is 1. The first-order valence-electron chi connectivity index (χ1n) is 7.07. The molecule has 0 aromatic carbocycles. The number of rotatable bonds is 4. The number of carbonyl (C=O) groups is 1. The molecule has 1 atom stereocenters. The van der Waals surface area contributed by atoms with E-state index in [4.69, 9.17) is 4.42 Å². The maximum absolute atomic E-state index is 12.4. The Hall–Kier alpha value is -2.10. The van der Waals surface area contributed by atoms with Crippen LogP contribution in [-0.2, 0) is 11.2 Å². The molecule has 0 saturated carbocycles. The normalized spacial score (nSPS) is 18.4. The summed E-state index contributed by atoms with van der Waals surface area (Å²) in [6, 6.07) is 9.79. The van der Waals surface area contributed by atoms with Gasteiger partial charge in [0.2, 0.25) is 5.91 Å². The van der Waals surface area contributed by atoms with Crippen LogP contribution >= 0.6 is 0 Å². The van der Waals surface area contributed by atoms with Gasteiger partial charge in [-0.15, -0.1) is 0 Å². The molecule has 3 heterocycles. The Morgan fingerprint density at radius 1 is 1.35 bits per heavy atom. The minimum absolute atomic E-state index is 0.139. The van der Waals surface area contributed by atoms with Gasteiger partial charge in [0, 0.05) is 25.6 Å². The van der Waals surface area contributed by atoms with Crippen molar-refractivity contribution in [3.05, 3.63) is 54.2 Å². The van der Waals surface area contributed by atoms with E-state index in [0.717, 1.165) is 30.8 Å². The predicted molar refractivity (Wildman–Crippen MR) is 75.0 cm³/mol. The Balaban J connectivity index is 1.64. The lowest BCUT2D eigenvalue weighted by atomic mass is 10.1. The lowest BCUT2D eigenvalue weighted by molar-refractivity contribution is -0.132. The van der Waals surface area contributed by atoms with Gasteiger partial charge in [0.15, 0.2) is 0 Å². The Labute approximate surface area is 118 Å². The van der Waals surface area contributed by atoms with Crippen LogP contribution in [0.2, 0.25) is 0 Å². The van der Waals surface area contributed by atoms with Gasteiger partial charge in [-0.25, -0.2) is 0 Å². The fraction of sp³-hybridized carbons (Fsp3) is 0.375. The second-order valence-electron chi connectivity index (χ2n) is 5.08. The van der Waals surface area contributed by atoms with E-state index in [1.807, 2.05) is 35.2 Å². The summed E-state index contributed by atoms with van der Waals surface area (Å²) in [5, 5.41) is 0. The highest BCUT2D eigenvalue weighted by molar-refractivity contribution is 5.77. The number of aryl methyl sites for hydroxylation is 1. The van der Waals surface area contributed by atoms with E-state index >= 15 is 0 Å². The topological polar surface area (TPSA) is 46.3 Å². The van der Waals surface area contributed by atoms with Gasteiger partial charge in [0.1, 0.15) is 5.76 Å². The summed E-state index contributed by atoms with van der Waals surface area (Å²) in [6.07, 6.45) is 6.65. The third-order valence-corrected chi connectivity index (χ3v) is 3.77. The molecule has 104 valence electrons. The molecular formula is C16H18N2O2. The van der Waals surface area contributed by atoms with Crippen molar-refractivity contribution >= 4 is 5.91 Å². The van der Waals surface area contributed by atoms with Crippen LogP contribution < -0.4 is 0 Å². The maximum atomic E-state index is 12.4. The van der Waals surface area contributed by atoms with Gasteiger partial charge in [-0.1, -0.05) is 6.07 Å². The fourth-order valence-corrected chi connectivity index (χ4v) is 2.77. The van der Waals surface area contributed by atoms with E-state index < -0.39 is 0 Å². The van der Waals surface area contributed by atoms with E-state index in [1.165, 1.54) is 0 Å². The Bertz CT molecular complexity index is 551. The molecule has 0 aliphatic carbocycles. The van der Waals surface area contributed by atoms with E-state index in [2.05, 4.69) is 4.98 Å².